The topological polar surface area (TPSA) is 109 Å². The fourth-order valence-electron chi connectivity index (χ4n) is 2.01. The molecular weight excluding hydrogens is 379 g/mol. The molecule has 0 atom stereocenters. The third kappa shape index (κ3) is 6.59. The van der Waals surface area contributed by atoms with Gasteiger partial charge in [-0.25, -0.2) is 15.2 Å². The number of benzene rings is 1. The molecule has 0 aliphatic carbocycles. The molecule has 28 heavy (non-hydrogen) atoms. The van der Waals surface area contributed by atoms with Gasteiger partial charge in [-0.2, -0.15) is 13.8 Å². The number of nitrogens with zero attached hydrogens (tertiary/aromatic N) is 3. The number of hydrazine groups is 1. The van der Waals surface area contributed by atoms with Crippen LogP contribution in [0.25, 0.3) is 0 Å². The number of hydrogen-bond donors (Lipinski definition) is 2. The van der Waals surface area contributed by atoms with Crippen LogP contribution in [0.5, 0.6) is 11.8 Å². The van der Waals surface area contributed by atoms with Gasteiger partial charge in [0.1, 0.15) is 6.61 Å². The quantitative estimate of drug-likeness (QED) is 0.463. The Balaban J connectivity index is 1.99. The van der Waals surface area contributed by atoms with Crippen molar-refractivity contribution in [3.05, 3.63) is 53.9 Å². The van der Waals surface area contributed by atoms with Crippen LogP contribution in [0.2, 0.25) is 0 Å². The monoisotopic (exact) mass is 399 g/mol. The van der Waals surface area contributed by atoms with Gasteiger partial charge in [0.25, 0.3) is 0 Å². The number of alkyl halides is 2. The van der Waals surface area contributed by atoms with Crippen LogP contribution < -0.4 is 26.1 Å². The highest BCUT2D eigenvalue weighted by Gasteiger charge is 2.12. The minimum Gasteiger partial charge on any atom is -0.457 e. The Kier molecular flexibility index (Phi) is 7.84. The highest BCUT2D eigenvalue weighted by atomic mass is 19.3. The summed E-state index contributed by atoms with van der Waals surface area (Å²) in [4.78, 5) is 8.11. The molecule has 2 rings (SSSR count). The zero-order chi connectivity index (χ0) is 20.5. The van der Waals surface area contributed by atoms with E-state index in [4.69, 9.17) is 21.1 Å². The van der Waals surface area contributed by atoms with Crippen LogP contribution in [0.1, 0.15) is 12.6 Å². The molecule has 0 spiro atoms. The Morgan fingerprint density at radius 3 is 2.82 bits per heavy atom. The SMILES string of the molecule is CCOCc1ccnc(OC/C(N)=C/N(N)c2ccc(F)c(OC(F)F)c2)n1. The lowest BCUT2D eigenvalue weighted by molar-refractivity contribution is -0.0521. The molecule has 0 saturated heterocycles. The second-order valence-electron chi connectivity index (χ2n) is 5.36. The Hall–Kier alpha value is -3.05. The lowest BCUT2D eigenvalue weighted by atomic mass is 10.3. The van der Waals surface area contributed by atoms with Gasteiger partial charge < -0.3 is 19.9 Å². The van der Waals surface area contributed by atoms with E-state index in [0.29, 0.717) is 18.9 Å². The molecule has 0 fully saturated rings. The molecule has 0 aliphatic rings. The zero-order valence-corrected chi connectivity index (χ0v) is 15.0. The molecule has 8 nitrogen and oxygen atoms in total. The Morgan fingerprint density at radius 1 is 1.32 bits per heavy atom. The smallest absolute Gasteiger partial charge is 0.387 e. The van der Waals surface area contributed by atoms with Gasteiger partial charge in [-0.1, -0.05) is 0 Å². The minimum absolute atomic E-state index is 0.0899. The van der Waals surface area contributed by atoms with Crippen molar-refractivity contribution in [2.75, 3.05) is 18.2 Å². The minimum atomic E-state index is -3.16. The second kappa shape index (κ2) is 10.3. The van der Waals surface area contributed by atoms with Gasteiger partial charge >= 0.3 is 12.6 Å². The molecule has 0 radical (unpaired) electrons. The summed E-state index contributed by atoms with van der Waals surface area (Å²) >= 11 is 0. The molecule has 0 saturated carbocycles. The van der Waals surface area contributed by atoms with Crippen molar-refractivity contribution in [3.63, 3.8) is 0 Å². The van der Waals surface area contributed by atoms with Crippen molar-refractivity contribution in [1.82, 2.24) is 9.97 Å². The van der Waals surface area contributed by atoms with Crippen molar-refractivity contribution in [1.29, 1.82) is 0 Å². The first kappa shape index (κ1) is 21.3. The summed E-state index contributed by atoms with van der Waals surface area (Å²) in [6.45, 7) is -0.510. The second-order valence-corrected chi connectivity index (χ2v) is 5.36. The molecule has 1 aromatic carbocycles. The molecular formula is C17H20F3N5O3. The van der Waals surface area contributed by atoms with Crippen LogP contribution >= 0.6 is 0 Å². The maximum atomic E-state index is 13.5. The van der Waals surface area contributed by atoms with Crippen molar-refractivity contribution >= 4 is 5.69 Å². The van der Waals surface area contributed by atoms with E-state index >= 15 is 0 Å². The van der Waals surface area contributed by atoms with Crippen LogP contribution in [-0.2, 0) is 11.3 Å². The molecule has 2 aromatic rings. The molecule has 0 amide bonds. The summed E-state index contributed by atoms with van der Waals surface area (Å²) in [6, 6.07) is 5.04. The number of nitrogens with two attached hydrogens (primary N) is 2. The van der Waals surface area contributed by atoms with E-state index in [0.717, 1.165) is 17.1 Å². The van der Waals surface area contributed by atoms with Crippen molar-refractivity contribution < 1.29 is 27.4 Å². The first-order valence-corrected chi connectivity index (χ1v) is 8.16. The lowest BCUT2D eigenvalue weighted by Crippen LogP contribution is -2.27. The summed E-state index contributed by atoms with van der Waals surface area (Å²) in [5.41, 5.74) is 6.84. The van der Waals surface area contributed by atoms with Crippen molar-refractivity contribution in [2.24, 2.45) is 11.6 Å². The van der Waals surface area contributed by atoms with E-state index in [1.807, 2.05) is 6.92 Å². The Morgan fingerprint density at radius 2 is 2.11 bits per heavy atom. The zero-order valence-electron chi connectivity index (χ0n) is 15.0. The van der Waals surface area contributed by atoms with E-state index in [-0.39, 0.29) is 24.0 Å². The Labute approximate surface area is 159 Å². The highest BCUT2D eigenvalue weighted by Crippen LogP contribution is 2.25. The lowest BCUT2D eigenvalue weighted by Gasteiger charge is -2.16. The molecule has 0 bridgehead atoms. The average Bonchev–Trinajstić information content (AvgIpc) is 2.66. The van der Waals surface area contributed by atoms with Gasteiger partial charge in [-0.3, -0.25) is 5.01 Å². The van der Waals surface area contributed by atoms with Crippen LogP contribution in [0.3, 0.4) is 0 Å². The van der Waals surface area contributed by atoms with Gasteiger partial charge in [0.05, 0.1) is 23.7 Å². The summed E-state index contributed by atoms with van der Waals surface area (Å²) in [7, 11) is 0. The van der Waals surface area contributed by atoms with Crippen LogP contribution in [-0.4, -0.2) is 29.8 Å². The van der Waals surface area contributed by atoms with E-state index in [1.165, 1.54) is 18.5 Å². The fourth-order valence-corrected chi connectivity index (χ4v) is 2.01. The molecule has 152 valence electrons. The first-order chi connectivity index (χ1) is 13.4. The van der Waals surface area contributed by atoms with E-state index in [9.17, 15) is 13.2 Å². The predicted octanol–water partition coefficient (Wildman–Crippen LogP) is 2.31. The normalized spacial score (nSPS) is 11.6. The predicted molar refractivity (Wildman–Crippen MR) is 94.8 cm³/mol. The van der Waals surface area contributed by atoms with Gasteiger partial charge in [0, 0.05) is 25.1 Å². The van der Waals surface area contributed by atoms with Gasteiger partial charge in [0.15, 0.2) is 11.6 Å². The maximum Gasteiger partial charge on any atom is 0.387 e. The third-order valence-electron chi connectivity index (χ3n) is 3.25. The summed E-state index contributed by atoms with van der Waals surface area (Å²) in [6.07, 6.45) is 2.80. The number of halogens is 3. The molecule has 0 unspecified atom stereocenters. The summed E-state index contributed by atoms with van der Waals surface area (Å²) < 4.78 is 52.8. The molecule has 4 N–H and O–H groups in total. The van der Waals surface area contributed by atoms with E-state index < -0.39 is 18.2 Å². The van der Waals surface area contributed by atoms with Gasteiger partial charge in [0.2, 0.25) is 0 Å². The van der Waals surface area contributed by atoms with Crippen LogP contribution in [0, 0.1) is 5.82 Å². The standard InChI is InChI=1S/C17H20F3N5O3/c1-2-26-10-12-5-6-23-17(24-12)27-9-11(21)8-25(22)13-3-4-14(18)15(7-13)28-16(19)20/h3-8,16H,2,9-10,21-22H2,1H3/b11-8-. The summed E-state index contributed by atoms with van der Waals surface area (Å²) in [5, 5.41) is 1.02. The average molecular weight is 399 g/mol. The van der Waals surface area contributed by atoms with Crippen LogP contribution in [0.4, 0.5) is 18.9 Å². The van der Waals surface area contributed by atoms with Gasteiger partial charge in [-0.15, -0.1) is 0 Å². The third-order valence-corrected chi connectivity index (χ3v) is 3.25. The molecule has 0 aliphatic heterocycles. The molecule has 1 heterocycles. The van der Waals surface area contributed by atoms with E-state index in [2.05, 4.69) is 14.7 Å². The summed E-state index contributed by atoms with van der Waals surface area (Å²) in [5.74, 6) is 4.23. The Bertz CT molecular complexity index is 807. The number of anilines is 1. The first-order valence-electron chi connectivity index (χ1n) is 8.16. The number of aromatic nitrogens is 2. The number of ether oxygens (including phenoxy) is 3. The number of rotatable bonds is 10. The van der Waals surface area contributed by atoms with Gasteiger partial charge in [-0.05, 0) is 25.1 Å². The maximum absolute atomic E-state index is 13.5. The molecule has 1 aromatic heterocycles. The van der Waals surface area contributed by atoms with Crippen molar-refractivity contribution in [2.45, 2.75) is 20.1 Å². The largest absolute Gasteiger partial charge is 0.457 e. The number of hydrogen-bond acceptors (Lipinski definition) is 8. The van der Waals surface area contributed by atoms with E-state index in [1.54, 1.807) is 6.07 Å². The molecule has 11 heteroatoms. The fraction of sp³-hybridized carbons (Fsp3) is 0.294. The van der Waals surface area contributed by atoms with Crippen molar-refractivity contribution in [3.8, 4) is 11.8 Å². The van der Waals surface area contributed by atoms with Crippen LogP contribution in [0.15, 0.2) is 42.4 Å². The highest BCUT2D eigenvalue weighted by molar-refractivity contribution is 5.52.